The lowest BCUT2D eigenvalue weighted by molar-refractivity contribution is -0.148. The third-order valence-corrected chi connectivity index (χ3v) is 7.39. The number of hydrogen-bond acceptors (Lipinski definition) is 5. The molecule has 198 valence electrons. The molecule has 2 atom stereocenters. The van der Waals surface area contributed by atoms with Crippen molar-refractivity contribution in [3.05, 3.63) is 47.2 Å². The molecule has 12 heteroatoms. The zero-order valence-electron chi connectivity index (χ0n) is 20.7. The van der Waals surface area contributed by atoms with Crippen molar-refractivity contribution in [3.8, 4) is 0 Å². The Morgan fingerprint density at radius 3 is 2.51 bits per heavy atom. The summed E-state index contributed by atoms with van der Waals surface area (Å²) >= 11 is 0. The summed E-state index contributed by atoms with van der Waals surface area (Å²) in [6, 6.07) is 4.52. The van der Waals surface area contributed by atoms with Gasteiger partial charge in [0, 0.05) is 56.2 Å². The molecule has 1 unspecified atom stereocenters. The van der Waals surface area contributed by atoms with Crippen molar-refractivity contribution in [2.75, 3.05) is 24.5 Å². The number of carbonyl (C=O) groups excluding carboxylic acids is 1. The van der Waals surface area contributed by atoms with Crippen LogP contribution in [0, 0.1) is 18.8 Å². The molecule has 0 spiro atoms. The van der Waals surface area contributed by atoms with E-state index in [1.807, 2.05) is 13.8 Å². The third kappa shape index (κ3) is 4.61. The van der Waals surface area contributed by atoms with Crippen LogP contribution in [0.15, 0.2) is 24.4 Å². The Bertz CT molecular complexity index is 1350. The minimum absolute atomic E-state index is 0.00284. The Kier molecular flexibility index (Phi) is 6.11. The highest BCUT2D eigenvalue weighted by Gasteiger charge is 2.41. The first-order valence-electron chi connectivity index (χ1n) is 12.1. The molecule has 2 aliphatic rings. The molecule has 1 saturated heterocycles. The standard InChI is InChI=1S/C25H27F5N6O/c1-14-11-31-19-10-16(24(3,26)27)4-5-18(19)21(14)34-7-6-17(15(2)12-34)22(37)35-8-9-36-20(13-35)32-33-23(36)25(28,29)30/h4-5,10-11,15,17H,6-9,12-13H2,1-3H3/t15-,17?/m1/s1. The molecule has 0 N–H and O–H groups in total. The van der Waals surface area contributed by atoms with E-state index >= 15 is 0 Å². The molecular weight excluding hydrogens is 495 g/mol. The maximum Gasteiger partial charge on any atom is 0.451 e. The largest absolute Gasteiger partial charge is 0.451 e. The van der Waals surface area contributed by atoms with Gasteiger partial charge in [-0.2, -0.15) is 13.2 Å². The number of aryl methyl sites for hydroxylation is 1. The number of fused-ring (bicyclic) bond motifs is 2. The summed E-state index contributed by atoms with van der Waals surface area (Å²) in [5, 5.41) is 7.73. The molecule has 7 nitrogen and oxygen atoms in total. The first-order chi connectivity index (χ1) is 17.3. The fourth-order valence-corrected chi connectivity index (χ4v) is 5.48. The number of amides is 1. The molecule has 1 amide bonds. The van der Waals surface area contributed by atoms with Gasteiger partial charge in [-0.05, 0) is 30.9 Å². The molecule has 0 saturated carbocycles. The maximum atomic E-state index is 13.8. The van der Waals surface area contributed by atoms with Crippen LogP contribution < -0.4 is 4.90 Å². The highest BCUT2D eigenvalue weighted by Crippen LogP contribution is 2.37. The summed E-state index contributed by atoms with van der Waals surface area (Å²) in [5.74, 6) is -4.29. The maximum absolute atomic E-state index is 13.8. The molecule has 0 aliphatic carbocycles. The van der Waals surface area contributed by atoms with Crippen LogP contribution in [0.5, 0.6) is 0 Å². The molecule has 1 aromatic carbocycles. The van der Waals surface area contributed by atoms with Crippen molar-refractivity contribution < 1.29 is 26.7 Å². The summed E-state index contributed by atoms with van der Waals surface area (Å²) in [4.78, 5) is 21.5. The lowest BCUT2D eigenvalue weighted by Crippen LogP contribution is -2.49. The van der Waals surface area contributed by atoms with Crippen LogP contribution in [0.4, 0.5) is 27.6 Å². The van der Waals surface area contributed by atoms with Crippen molar-refractivity contribution in [2.45, 2.75) is 52.4 Å². The van der Waals surface area contributed by atoms with Crippen molar-refractivity contribution in [3.63, 3.8) is 0 Å². The molecule has 37 heavy (non-hydrogen) atoms. The van der Waals surface area contributed by atoms with Gasteiger partial charge < -0.3 is 14.4 Å². The Hall–Kier alpha value is -3.31. The summed E-state index contributed by atoms with van der Waals surface area (Å²) in [7, 11) is 0. The van der Waals surface area contributed by atoms with E-state index in [1.165, 1.54) is 12.1 Å². The van der Waals surface area contributed by atoms with E-state index in [0.717, 1.165) is 28.1 Å². The van der Waals surface area contributed by atoms with Gasteiger partial charge in [-0.15, -0.1) is 10.2 Å². The van der Waals surface area contributed by atoms with Gasteiger partial charge in [-0.1, -0.05) is 19.1 Å². The molecular formula is C25H27F5N6O. The van der Waals surface area contributed by atoms with Crippen molar-refractivity contribution in [2.24, 2.45) is 11.8 Å². The number of carbonyl (C=O) groups is 1. The number of piperidine rings is 1. The SMILES string of the molecule is Cc1cnc2cc(C(C)(F)F)ccc2c1N1CCC(C(=O)N2CCn3c(nnc3C(F)(F)F)C2)[C@H](C)C1. The number of nitrogens with zero attached hydrogens (tertiary/aromatic N) is 6. The summed E-state index contributed by atoms with van der Waals surface area (Å²) in [6.07, 6.45) is -2.35. The van der Waals surface area contributed by atoms with E-state index in [4.69, 9.17) is 0 Å². The number of rotatable bonds is 3. The average molecular weight is 523 g/mol. The molecule has 4 heterocycles. The van der Waals surface area contributed by atoms with Gasteiger partial charge >= 0.3 is 6.18 Å². The van der Waals surface area contributed by atoms with Gasteiger partial charge in [0.05, 0.1) is 17.7 Å². The van der Waals surface area contributed by atoms with Crippen molar-refractivity contribution in [1.82, 2.24) is 24.6 Å². The van der Waals surface area contributed by atoms with Gasteiger partial charge in [0.15, 0.2) is 5.82 Å². The summed E-state index contributed by atoms with van der Waals surface area (Å²) in [5.41, 5.74) is 2.22. The second kappa shape index (κ2) is 8.91. The number of alkyl halides is 5. The van der Waals surface area contributed by atoms with E-state index in [1.54, 1.807) is 17.2 Å². The minimum atomic E-state index is -4.59. The van der Waals surface area contributed by atoms with Crippen LogP contribution >= 0.6 is 0 Å². The zero-order valence-corrected chi connectivity index (χ0v) is 20.7. The highest BCUT2D eigenvalue weighted by atomic mass is 19.4. The average Bonchev–Trinajstić information content (AvgIpc) is 3.26. The normalized spacial score (nSPS) is 20.9. The van der Waals surface area contributed by atoms with Crippen molar-refractivity contribution in [1.29, 1.82) is 0 Å². The van der Waals surface area contributed by atoms with Crippen molar-refractivity contribution >= 4 is 22.5 Å². The zero-order chi connectivity index (χ0) is 26.7. The number of anilines is 1. The Morgan fingerprint density at radius 2 is 1.84 bits per heavy atom. The molecule has 2 aromatic heterocycles. The van der Waals surface area contributed by atoms with Crippen LogP contribution in [0.3, 0.4) is 0 Å². The fraction of sp³-hybridized carbons (Fsp3) is 0.520. The van der Waals surface area contributed by atoms with Gasteiger partial charge in [-0.3, -0.25) is 9.78 Å². The lowest BCUT2D eigenvalue weighted by Gasteiger charge is -2.41. The van der Waals surface area contributed by atoms with Crippen LogP contribution in [-0.4, -0.2) is 50.2 Å². The first-order valence-corrected chi connectivity index (χ1v) is 12.1. The Morgan fingerprint density at radius 1 is 1.08 bits per heavy atom. The molecule has 2 aliphatic heterocycles. The molecule has 5 rings (SSSR count). The van der Waals surface area contributed by atoms with E-state index < -0.39 is 17.9 Å². The summed E-state index contributed by atoms with van der Waals surface area (Å²) < 4.78 is 68.1. The van der Waals surface area contributed by atoms with Crippen LogP contribution in [0.25, 0.3) is 10.9 Å². The predicted molar refractivity (Wildman–Crippen MR) is 126 cm³/mol. The van der Waals surface area contributed by atoms with Gasteiger partial charge in [0.2, 0.25) is 11.7 Å². The second-order valence-electron chi connectivity index (χ2n) is 10.1. The number of pyridine rings is 1. The van der Waals surface area contributed by atoms with Crippen LogP contribution in [0.1, 0.15) is 43.0 Å². The highest BCUT2D eigenvalue weighted by molar-refractivity contribution is 5.94. The molecule has 1 fully saturated rings. The number of hydrogen-bond donors (Lipinski definition) is 0. The molecule has 0 radical (unpaired) electrons. The summed E-state index contributed by atoms with van der Waals surface area (Å²) in [6.45, 7) is 6.07. The van der Waals surface area contributed by atoms with Crippen LogP contribution in [0.2, 0.25) is 0 Å². The first kappa shape index (κ1) is 25.3. The monoisotopic (exact) mass is 522 g/mol. The van der Waals surface area contributed by atoms with Gasteiger partial charge in [-0.25, -0.2) is 8.78 Å². The van der Waals surface area contributed by atoms with E-state index in [2.05, 4.69) is 20.1 Å². The van der Waals surface area contributed by atoms with E-state index in [-0.39, 0.29) is 48.8 Å². The van der Waals surface area contributed by atoms with Crippen LogP contribution in [-0.2, 0) is 30.0 Å². The second-order valence-corrected chi connectivity index (χ2v) is 10.1. The lowest BCUT2D eigenvalue weighted by atomic mass is 9.85. The van der Waals surface area contributed by atoms with E-state index in [0.29, 0.717) is 25.0 Å². The minimum Gasteiger partial charge on any atom is -0.370 e. The third-order valence-electron chi connectivity index (χ3n) is 7.39. The fourth-order valence-electron chi connectivity index (χ4n) is 5.48. The van der Waals surface area contributed by atoms with Gasteiger partial charge in [0.1, 0.15) is 0 Å². The Labute approximate surface area is 210 Å². The van der Waals surface area contributed by atoms with E-state index in [9.17, 15) is 26.7 Å². The molecule has 0 bridgehead atoms. The number of aromatic nitrogens is 4. The topological polar surface area (TPSA) is 67.2 Å². The quantitative estimate of drug-likeness (QED) is 0.464. The smallest absolute Gasteiger partial charge is 0.370 e. The Balaban J connectivity index is 1.32. The number of benzene rings is 1. The molecule has 3 aromatic rings. The number of halogens is 5. The predicted octanol–water partition coefficient (Wildman–Crippen LogP) is 4.77. The van der Waals surface area contributed by atoms with Gasteiger partial charge in [0.25, 0.3) is 5.92 Å².